The first-order chi connectivity index (χ1) is 10.1. The first-order valence-electron chi connectivity index (χ1n) is 7.61. The van der Waals surface area contributed by atoms with E-state index in [1.165, 1.54) is 0 Å². The van der Waals surface area contributed by atoms with Gasteiger partial charge in [0.2, 0.25) is 5.91 Å². The molecule has 4 nitrogen and oxygen atoms in total. The molecule has 1 aromatic carbocycles. The van der Waals surface area contributed by atoms with Crippen molar-refractivity contribution in [2.45, 2.75) is 45.7 Å². The van der Waals surface area contributed by atoms with Crippen LogP contribution in [0.2, 0.25) is 0 Å². The van der Waals surface area contributed by atoms with Crippen molar-refractivity contribution in [3.05, 3.63) is 35.9 Å². The lowest BCUT2D eigenvalue weighted by molar-refractivity contribution is -0.148. The Morgan fingerprint density at radius 1 is 1.38 bits per heavy atom. The van der Waals surface area contributed by atoms with E-state index in [1.54, 1.807) is 0 Å². The molecule has 1 saturated heterocycles. The number of hydrogen-bond acceptors (Lipinski definition) is 3. The number of benzene rings is 1. The van der Waals surface area contributed by atoms with E-state index in [9.17, 15) is 9.59 Å². The van der Waals surface area contributed by atoms with Gasteiger partial charge in [-0.05, 0) is 25.3 Å². The van der Waals surface area contributed by atoms with Crippen LogP contribution < -0.4 is 0 Å². The van der Waals surface area contributed by atoms with Gasteiger partial charge < -0.3 is 9.64 Å². The lowest BCUT2D eigenvalue weighted by Gasteiger charge is -2.26. The van der Waals surface area contributed by atoms with Crippen LogP contribution in [-0.2, 0) is 20.9 Å². The van der Waals surface area contributed by atoms with Crippen LogP contribution in [0.3, 0.4) is 0 Å². The van der Waals surface area contributed by atoms with Crippen LogP contribution in [0.15, 0.2) is 30.3 Å². The summed E-state index contributed by atoms with van der Waals surface area (Å²) in [5, 5.41) is 0. The molecule has 0 N–H and O–H groups in total. The van der Waals surface area contributed by atoms with Gasteiger partial charge in [0.1, 0.15) is 0 Å². The average Bonchev–Trinajstić information content (AvgIpc) is 2.81. The van der Waals surface area contributed by atoms with E-state index < -0.39 is 0 Å². The second-order valence-corrected chi connectivity index (χ2v) is 5.59. The number of amides is 1. The van der Waals surface area contributed by atoms with Crippen LogP contribution in [0.1, 0.15) is 38.7 Å². The maximum atomic E-state index is 12.1. The predicted molar refractivity (Wildman–Crippen MR) is 80.4 cm³/mol. The average molecular weight is 289 g/mol. The summed E-state index contributed by atoms with van der Waals surface area (Å²) in [4.78, 5) is 25.7. The van der Waals surface area contributed by atoms with Gasteiger partial charge in [0.25, 0.3) is 0 Å². The van der Waals surface area contributed by atoms with Crippen LogP contribution in [0, 0.1) is 5.92 Å². The van der Waals surface area contributed by atoms with Gasteiger partial charge in [0.05, 0.1) is 12.5 Å². The summed E-state index contributed by atoms with van der Waals surface area (Å²) in [6, 6.07) is 10.1. The molecule has 2 unspecified atom stereocenters. The van der Waals surface area contributed by atoms with Crippen LogP contribution in [0.5, 0.6) is 0 Å². The van der Waals surface area contributed by atoms with Crippen molar-refractivity contribution in [3.8, 4) is 0 Å². The minimum absolute atomic E-state index is 0.136. The molecule has 0 saturated carbocycles. The second kappa shape index (κ2) is 7.25. The lowest BCUT2D eigenvalue weighted by Crippen LogP contribution is -2.35. The third-order valence-electron chi connectivity index (χ3n) is 3.96. The maximum Gasteiger partial charge on any atom is 0.308 e. The highest BCUT2D eigenvalue weighted by Crippen LogP contribution is 2.26. The molecule has 114 valence electrons. The Hall–Kier alpha value is -1.84. The molecule has 0 radical (unpaired) electrons. The lowest BCUT2D eigenvalue weighted by atomic mass is 10.00. The van der Waals surface area contributed by atoms with E-state index in [1.807, 2.05) is 49.1 Å². The first-order valence-corrected chi connectivity index (χ1v) is 7.61. The number of likely N-dealkylation sites (tertiary alicyclic amines) is 1. The second-order valence-electron chi connectivity index (χ2n) is 5.59. The van der Waals surface area contributed by atoms with E-state index in [0.29, 0.717) is 26.0 Å². The molecular formula is C17H23NO3. The van der Waals surface area contributed by atoms with E-state index in [2.05, 4.69) is 0 Å². The zero-order valence-corrected chi connectivity index (χ0v) is 12.7. The molecule has 2 rings (SSSR count). The minimum Gasteiger partial charge on any atom is -0.466 e. The number of carbonyl (C=O) groups excluding carboxylic acids is 2. The van der Waals surface area contributed by atoms with Crippen molar-refractivity contribution in [2.75, 3.05) is 6.61 Å². The Morgan fingerprint density at radius 3 is 2.76 bits per heavy atom. The third-order valence-corrected chi connectivity index (χ3v) is 3.96. The van der Waals surface area contributed by atoms with Gasteiger partial charge in [-0.25, -0.2) is 0 Å². The summed E-state index contributed by atoms with van der Waals surface area (Å²) in [5.41, 5.74) is 1.13. The van der Waals surface area contributed by atoms with Crippen LogP contribution in [0.25, 0.3) is 0 Å². The molecule has 0 aliphatic carbocycles. The monoisotopic (exact) mass is 289 g/mol. The van der Waals surface area contributed by atoms with Gasteiger partial charge in [-0.15, -0.1) is 0 Å². The molecule has 0 spiro atoms. The molecule has 1 aliphatic heterocycles. The van der Waals surface area contributed by atoms with E-state index in [-0.39, 0.29) is 23.8 Å². The van der Waals surface area contributed by atoms with Crippen molar-refractivity contribution < 1.29 is 14.3 Å². The zero-order chi connectivity index (χ0) is 15.2. The largest absolute Gasteiger partial charge is 0.466 e. The number of rotatable bonds is 6. The van der Waals surface area contributed by atoms with E-state index in [0.717, 1.165) is 12.0 Å². The predicted octanol–water partition coefficient (Wildman–Crippen LogP) is 2.77. The van der Waals surface area contributed by atoms with Crippen molar-refractivity contribution in [3.63, 3.8) is 0 Å². The van der Waals surface area contributed by atoms with Crippen molar-refractivity contribution in [1.82, 2.24) is 4.90 Å². The number of esters is 1. The van der Waals surface area contributed by atoms with Crippen LogP contribution in [-0.4, -0.2) is 29.4 Å². The number of hydrogen-bond donors (Lipinski definition) is 0. The number of nitrogens with zero attached hydrogens (tertiary/aromatic N) is 1. The van der Waals surface area contributed by atoms with Gasteiger partial charge in [-0.2, -0.15) is 0 Å². The molecule has 4 heteroatoms. The molecule has 1 aromatic rings. The molecule has 1 amide bonds. The summed E-state index contributed by atoms with van der Waals surface area (Å²) in [6.45, 7) is 4.72. The Bertz CT molecular complexity index is 486. The summed E-state index contributed by atoms with van der Waals surface area (Å²) in [7, 11) is 0. The van der Waals surface area contributed by atoms with Gasteiger partial charge in [-0.3, -0.25) is 9.59 Å². The van der Waals surface area contributed by atoms with Crippen molar-refractivity contribution in [1.29, 1.82) is 0 Å². The Labute approximate surface area is 126 Å². The molecule has 1 heterocycles. The minimum atomic E-state index is -0.170. The summed E-state index contributed by atoms with van der Waals surface area (Å²) < 4.78 is 5.05. The summed E-state index contributed by atoms with van der Waals surface area (Å²) in [6.07, 6.45) is 2.08. The summed E-state index contributed by atoms with van der Waals surface area (Å²) >= 11 is 0. The maximum absolute atomic E-state index is 12.1. The molecule has 0 bridgehead atoms. The van der Waals surface area contributed by atoms with Crippen molar-refractivity contribution in [2.24, 2.45) is 5.92 Å². The standard InChI is InChI=1S/C17H23NO3/c1-3-21-17(20)13(2)11-15-9-10-16(19)18(15)12-14-7-5-4-6-8-14/h4-8,13,15H,3,9-12H2,1-2H3. The molecule has 1 aliphatic rings. The Morgan fingerprint density at radius 2 is 2.10 bits per heavy atom. The fourth-order valence-electron chi connectivity index (χ4n) is 2.82. The molecule has 1 fully saturated rings. The Balaban J connectivity index is 1.98. The molecule has 21 heavy (non-hydrogen) atoms. The quantitative estimate of drug-likeness (QED) is 0.757. The highest BCUT2D eigenvalue weighted by Gasteiger charge is 2.33. The molecule has 2 atom stereocenters. The van der Waals surface area contributed by atoms with Gasteiger partial charge >= 0.3 is 5.97 Å². The van der Waals surface area contributed by atoms with Crippen LogP contribution in [0.4, 0.5) is 0 Å². The topological polar surface area (TPSA) is 46.6 Å². The Kier molecular flexibility index (Phi) is 5.37. The zero-order valence-electron chi connectivity index (χ0n) is 12.7. The fraction of sp³-hybridized carbons (Fsp3) is 0.529. The molecule has 0 aromatic heterocycles. The van der Waals surface area contributed by atoms with Gasteiger partial charge in [0, 0.05) is 19.0 Å². The smallest absolute Gasteiger partial charge is 0.308 e. The normalized spacial score (nSPS) is 19.6. The molecular weight excluding hydrogens is 266 g/mol. The number of ether oxygens (including phenoxy) is 1. The highest BCUT2D eigenvalue weighted by molar-refractivity contribution is 5.79. The fourth-order valence-corrected chi connectivity index (χ4v) is 2.82. The van der Waals surface area contributed by atoms with Gasteiger partial charge in [-0.1, -0.05) is 37.3 Å². The van der Waals surface area contributed by atoms with E-state index >= 15 is 0 Å². The third kappa shape index (κ3) is 4.06. The first kappa shape index (κ1) is 15.5. The van der Waals surface area contributed by atoms with Crippen molar-refractivity contribution >= 4 is 11.9 Å². The van der Waals surface area contributed by atoms with Gasteiger partial charge in [0.15, 0.2) is 0 Å². The van der Waals surface area contributed by atoms with Crippen LogP contribution >= 0.6 is 0 Å². The number of carbonyl (C=O) groups is 2. The SMILES string of the molecule is CCOC(=O)C(C)CC1CCC(=O)N1Cc1ccccc1. The summed E-state index contributed by atoms with van der Waals surface area (Å²) in [5.74, 6) is -0.157. The highest BCUT2D eigenvalue weighted by atomic mass is 16.5. The van der Waals surface area contributed by atoms with E-state index in [4.69, 9.17) is 4.74 Å².